The Balaban J connectivity index is 1.78. The van der Waals surface area contributed by atoms with E-state index in [4.69, 9.17) is 4.98 Å². The van der Waals surface area contributed by atoms with E-state index in [2.05, 4.69) is 36.4 Å². The van der Waals surface area contributed by atoms with Crippen molar-refractivity contribution in [3.05, 3.63) is 16.1 Å². The third-order valence-electron chi connectivity index (χ3n) is 3.26. The van der Waals surface area contributed by atoms with Crippen LogP contribution in [0.5, 0.6) is 0 Å². The Labute approximate surface area is 115 Å². The Kier molecular flexibility index (Phi) is 5.15. The van der Waals surface area contributed by atoms with E-state index < -0.39 is 0 Å². The highest BCUT2D eigenvalue weighted by atomic mass is 32.1. The molecule has 1 fully saturated rings. The number of nitrogens with one attached hydrogen (secondary N) is 1. The molecule has 0 spiro atoms. The third kappa shape index (κ3) is 4.34. The zero-order chi connectivity index (χ0) is 13.0. The predicted octanol–water partition coefficient (Wildman–Crippen LogP) is 2.87. The Morgan fingerprint density at radius 1 is 1.50 bits per heavy atom. The van der Waals surface area contributed by atoms with Crippen molar-refractivity contribution in [2.75, 3.05) is 13.1 Å². The van der Waals surface area contributed by atoms with E-state index in [9.17, 15) is 0 Å². The first kappa shape index (κ1) is 14.0. The lowest BCUT2D eigenvalue weighted by Gasteiger charge is -2.17. The molecule has 0 unspecified atom stereocenters. The summed E-state index contributed by atoms with van der Waals surface area (Å²) in [7, 11) is 0. The summed E-state index contributed by atoms with van der Waals surface area (Å²) in [5.74, 6) is 0.704. The fraction of sp³-hybridized carbons (Fsp3) is 0.786. The van der Waals surface area contributed by atoms with E-state index in [1.54, 1.807) is 11.3 Å². The number of rotatable bonds is 8. The molecule has 1 aromatic rings. The van der Waals surface area contributed by atoms with Crippen molar-refractivity contribution in [2.24, 2.45) is 5.92 Å². The fourth-order valence-electron chi connectivity index (χ4n) is 2.12. The maximum absolute atomic E-state index is 4.72. The van der Waals surface area contributed by atoms with Crippen LogP contribution in [0.2, 0.25) is 0 Å². The van der Waals surface area contributed by atoms with Crippen LogP contribution >= 0.6 is 11.3 Å². The van der Waals surface area contributed by atoms with Crippen molar-refractivity contribution in [2.45, 2.75) is 52.7 Å². The summed E-state index contributed by atoms with van der Waals surface area (Å²) in [4.78, 5) is 7.26. The second-order valence-electron chi connectivity index (χ2n) is 5.55. The Morgan fingerprint density at radius 2 is 2.28 bits per heavy atom. The van der Waals surface area contributed by atoms with Crippen molar-refractivity contribution >= 4 is 11.3 Å². The molecule has 0 atom stereocenters. The molecule has 4 heteroatoms. The maximum atomic E-state index is 4.72. The molecule has 1 heterocycles. The minimum Gasteiger partial charge on any atom is -0.310 e. The third-order valence-corrected chi connectivity index (χ3v) is 4.16. The highest BCUT2D eigenvalue weighted by Gasteiger charge is 2.28. The smallest absolute Gasteiger partial charge is 0.107 e. The average Bonchev–Trinajstić information content (AvgIpc) is 3.08. The molecule has 0 aliphatic heterocycles. The van der Waals surface area contributed by atoms with Crippen molar-refractivity contribution in [1.82, 2.24) is 15.2 Å². The lowest BCUT2D eigenvalue weighted by atomic mass is 10.2. The molecular weight excluding hydrogens is 242 g/mol. The molecule has 3 nitrogen and oxygen atoms in total. The van der Waals surface area contributed by atoms with Gasteiger partial charge in [-0.3, -0.25) is 4.90 Å². The molecule has 0 radical (unpaired) electrons. The van der Waals surface area contributed by atoms with Crippen LogP contribution in [0.15, 0.2) is 5.38 Å². The molecule has 2 rings (SSSR count). The van der Waals surface area contributed by atoms with Gasteiger partial charge in [0, 0.05) is 24.5 Å². The van der Waals surface area contributed by atoms with Gasteiger partial charge in [-0.25, -0.2) is 4.98 Å². The molecule has 1 saturated carbocycles. The van der Waals surface area contributed by atoms with E-state index in [0.29, 0.717) is 5.92 Å². The van der Waals surface area contributed by atoms with Gasteiger partial charge in [0.05, 0.1) is 5.69 Å². The molecule has 1 aliphatic carbocycles. The summed E-state index contributed by atoms with van der Waals surface area (Å²) in [5, 5.41) is 6.89. The Hall–Kier alpha value is -0.450. The Morgan fingerprint density at radius 3 is 2.89 bits per heavy atom. The van der Waals surface area contributed by atoms with Crippen LogP contribution in [0.3, 0.4) is 0 Å². The van der Waals surface area contributed by atoms with Crippen LogP contribution in [0, 0.1) is 5.92 Å². The zero-order valence-electron chi connectivity index (χ0n) is 11.8. The molecule has 1 N–H and O–H groups in total. The molecule has 102 valence electrons. The van der Waals surface area contributed by atoms with Gasteiger partial charge in [-0.05, 0) is 31.8 Å². The quantitative estimate of drug-likeness (QED) is 0.785. The standard InChI is InChI=1S/C14H25N3S/c1-4-17(13-5-6-13)9-12-10-18-14(16-12)8-15-7-11(2)3/h10-11,13,15H,4-9H2,1-3H3. The highest BCUT2D eigenvalue weighted by molar-refractivity contribution is 7.09. The van der Waals surface area contributed by atoms with Gasteiger partial charge >= 0.3 is 0 Å². The minimum atomic E-state index is 0.704. The van der Waals surface area contributed by atoms with Crippen LogP contribution in [-0.2, 0) is 13.1 Å². The van der Waals surface area contributed by atoms with Gasteiger partial charge < -0.3 is 5.32 Å². The van der Waals surface area contributed by atoms with E-state index in [1.807, 2.05) is 0 Å². The van der Waals surface area contributed by atoms with Gasteiger partial charge in [0.2, 0.25) is 0 Å². The molecule has 0 aromatic carbocycles. The van der Waals surface area contributed by atoms with Crippen LogP contribution in [0.25, 0.3) is 0 Å². The summed E-state index contributed by atoms with van der Waals surface area (Å²) in [6, 6.07) is 0.833. The van der Waals surface area contributed by atoms with Gasteiger partial charge in [-0.1, -0.05) is 20.8 Å². The molecule has 1 aromatic heterocycles. The zero-order valence-corrected chi connectivity index (χ0v) is 12.6. The average molecular weight is 267 g/mol. The predicted molar refractivity (Wildman–Crippen MR) is 77.8 cm³/mol. The second-order valence-corrected chi connectivity index (χ2v) is 6.49. The molecule has 0 bridgehead atoms. The van der Waals surface area contributed by atoms with Crippen molar-refractivity contribution in [3.63, 3.8) is 0 Å². The maximum Gasteiger partial charge on any atom is 0.107 e. The lowest BCUT2D eigenvalue weighted by molar-refractivity contribution is 0.266. The van der Waals surface area contributed by atoms with E-state index in [0.717, 1.165) is 32.2 Å². The SMILES string of the molecule is CCN(Cc1csc(CNCC(C)C)n1)C1CC1. The first-order valence-corrected chi connectivity index (χ1v) is 7.95. The number of nitrogens with zero attached hydrogens (tertiary/aromatic N) is 2. The number of aromatic nitrogens is 1. The van der Waals surface area contributed by atoms with Gasteiger partial charge in [-0.15, -0.1) is 11.3 Å². The summed E-state index contributed by atoms with van der Waals surface area (Å²) in [5.41, 5.74) is 1.25. The molecule has 0 amide bonds. The van der Waals surface area contributed by atoms with Gasteiger partial charge in [0.1, 0.15) is 5.01 Å². The second kappa shape index (κ2) is 6.64. The van der Waals surface area contributed by atoms with E-state index >= 15 is 0 Å². The van der Waals surface area contributed by atoms with Gasteiger partial charge in [-0.2, -0.15) is 0 Å². The van der Waals surface area contributed by atoms with Crippen LogP contribution < -0.4 is 5.32 Å². The summed E-state index contributed by atoms with van der Waals surface area (Å²) < 4.78 is 0. The van der Waals surface area contributed by atoms with E-state index in [-0.39, 0.29) is 0 Å². The first-order valence-electron chi connectivity index (χ1n) is 7.07. The topological polar surface area (TPSA) is 28.2 Å². The summed E-state index contributed by atoms with van der Waals surface area (Å²) >= 11 is 1.79. The van der Waals surface area contributed by atoms with Gasteiger partial charge in [0.15, 0.2) is 0 Å². The lowest BCUT2D eigenvalue weighted by Crippen LogP contribution is -2.25. The molecule has 1 aliphatic rings. The number of hydrogen-bond acceptors (Lipinski definition) is 4. The van der Waals surface area contributed by atoms with Crippen molar-refractivity contribution < 1.29 is 0 Å². The largest absolute Gasteiger partial charge is 0.310 e. The fourth-order valence-corrected chi connectivity index (χ4v) is 2.87. The minimum absolute atomic E-state index is 0.704. The summed E-state index contributed by atoms with van der Waals surface area (Å²) in [6.07, 6.45) is 2.75. The first-order chi connectivity index (χ1) is 8.69. The van der Waals surface area contributed by atoms with Gasteiger partial charge in [0.25, 0.3) is 0 Å². The van der Waals surface area contributed by atoms with E-state index in [1.165, 1.54) is 23.5 Å². The number of hydrogen-bond donors (Lipinski definition) is 1. The van der Waals surface area contributed by atoms with Crippen molar-refractivity contribution in [3.8, 4) is 0 Å². The van der Waals surface area contributed by atoms with Crippen LogP contribution in [0.1, 0.15) is 44.3 Å². The monoisotopic (exact) mass is 267 g/mol. The van der Waals surface area contributed by atoms with Crippen molar-refractivity contribution in [1.29, 1.82) is 0 Å². The normalized spacial score (nSPS) is 15.8. The number of thiazole rings is 1. The highest BCUT2D eigenvalue weighted by Crippen LogP contribution is 2.28. The molecule has 0 saturated heterocycles. The molecular formula is C14H25N3S. The Bertz CT molecular complexity index is 358. The molecule has 18 heavy (non-hydrogen) atoms. The summed E-state index contributed by atoms with van der Waals surface area (Å²) in [6.45, 7) is 10.9. The van der Waals surface area contributed by atoms with Crippen LogP contribution in [0.4, 0.5) is 0 Å². The van der Waals surface area contributed by atoms with Crippen LogP contribution in [-0.4, -0.2) is 29.0 Å².